The third-order valence-electron chi connectivity index (χ3n) is 0.692. The van der Waals surface area contributed by atoms with Gasteiger partial charge in [0.2, 0.25) is 0 Å². The molecule has 0 saturated carbocycles. The zero-order valence-corrected chi connectivity index (χ0v) is 6.28. The summed E-state index contributed by atoms with van der Waals surface area (Å²) in [4.78, 5) is 16.0. The molecule has 0 aliphatic rings. The highest BCUT2D eigenvalue weighted by molar-refractivity contribution is 5.64. The second kappa shape index (κ2) is 6.60. The fourth-order valence-electron chi connectivity index (χ4n) is 0.357. The van der Waals surface area contributed by atoms with Crippen LogP contribution in [-0.2, 0) is 4.74 Å². The van der Waals surface area contributed by atoms with Crippen molar-refractivity contribution in [1.82, 2.24) is 9.97 Å². The van der Waals surface area contributed by atoms with Crippen LogP contribution in [-0.4, -0.2) is 22.7 Å². The average Bonchev–Trinajstić information content (AvgIpc) is 2.41. The summed E-state index contributed by atoms with van der Waals surface area (Å²) in [5, 5.41) is 0. The topological polar surface area (TPSA) is 81.0 Å². The maximum Gasteiger partial charge on any atom is 0.404 e. The summed E-state index contributed by atoms with van der Waals surface area (Å²) in [5.74, 6) is 0. The van der Waals surface area contributed by atoms with E-state index in [1.54, 1.807) is 25.6 Å². The van der Waals surface area contributed by atoms with Gasteiger partial charge in [0.1, 0.15) is 0 Å². The first-order valence-corrected chi connectivity index (χ1v) is 3.12. The van der Waals surface area contributed by atoms with Gasteiger partial charge in [-0.25, -0.2) is 9.78 Å². The van der Waals surface area contributed by atoms with E-state index in [0.717, 1.165) is 0 Å². The lowest BCUT2D eigenvalue weighted by atomic mass is 10.9. The van der Waals surface area contributed by atoms with Crippen LogP contribution in [0.5, 0.6) is 0 Å². The van der Waals surface area contributed by atoms with Gasteiger partial charge in [-0.05, 0) is 6.92 Å². The van der Waals surface area contributed by atoms with Crippen molar-refractivity contribution in [3.05, 3.63) is 18.7 Å². The van der Waals surface area contributed by atoms with E-state index in [-0.39, 0.29) is 0 Å². The number of H-pyrrole nitrogens is 1. The number of hydrogen-bond acceptors (Lipinski definition) is 3. The predicted molar refractivity (Wildman–Crippen MR) is 39.8 cm³/mol. The molecule has 0 radical (unpaired) electrons. The lowest BCUT2D eigenvalue weighted by Crippen LogP contribution is -2.11. The van der Waals surface area contributed by atoms with Crippen molar-refractivity contribution in [3.8, 4) is 0 Å². The molecule has 5 nitrogen and oxygen atoms in total. The molecule has 1 heterocycles. The first-order chi connectivity index (χ1) is 5.27. The zero-order valence-electron chi connectivity index (χ0n) is 6.28. The van der Waals surface area contributed by atoms with Crippen molar-refractivity contribution >= 4 is 6.09 Å². The molecular weight excluding hydrogens is 146 g/mol. The lowest BCUT2D eigenvalue weighted by Gasteiger charge is -1.89. The summed E-state index contributed by atoms with van der Waals surface area (Å²) < 4.78 is 4.18. The first-order valence-electron chi connectivity index (χ1n) is 3.12. The molecule has 0 spiro atoms. The van der Waals surface area contributed by atoms with Crippen molar-refractivity contribution in [3.63, 3.8) is 0 Å². The van der Waals surface area contributed by atoms with Crippen molar-refractivity contribution in [1.29, 1.82) is 0 Å². The van der Waals surface area contributed by atoms with E-state index < -0.39 is 6.09 Å². The van der Waals surface area contributed by atoms with E-state index in [1.165, 1.54) is 0 Å². The maximum atomic E-state index is 9.60. The molecule has 0 aromatic carbocycles. The Morgan fingerprint density at radius 1 is 1.82 bits per heavy atom. The normalized spacial score (nSPS) is 7.73. The summed E-state index contributed by atoms with van der Waals surface area (Å²) in [6.07, 6.45) is 4.37. The lowest BCUT2D eigenvalue weighted by molar-refractivity contribution is 0.163. The Bertz CT molecular complexity index is 157. The number of nitrogens with zero attached hydrogens (tertiary/aromatic N) is 1. The number of hydrogen-bond donors (Lipinski definition) is 2. The van der Waals surface area contributed by atoms with Gasteiger partial charge in [0.25, 0.3) is 0 Å². The van der Waals surface area contributed by atoms with Gasteiger partial charge in [-0.1, -0.05) is 0 Å². The fraction of sp³-hybridized carbons (Fsp3) is 0.333. The standard InChI is InChI=1S/C3H4N2.C3H7NO2/c1-2-5-3-4-1;1-2-6-3(4)5/h1-3H,(H,4,5);2H2,1H3,(H2,4,5). The molecule has 1 rings (SSSR count). The van der Waals surface area contributed by atoms with Gasteiger partial charge in [0.15, 0.2) is 0 Å². The minimum atomic E-state index is -0.711. The molecule has 0 fully saturated rings. The Hall–Kier alpha value is -1.52. The molecular formula is C6H11N3O2. The van der Waals surface area contributed by atoms with E-state index in [2.05, 4.69) is 20.4 Å². The average molecular weight is 157 g/mol. The molecule has 11 heavy (non-hydrogen) atoms. The summed E-state index contributed by atoms with van der Waals surface area (Å²) in [5.41, 5.74) is 4.54. The number of carbonyl (C=O) groups is 1. The van der Waals surface area contributed by atoms with Crippen LogP contribution in [0, 0.1) is 0 Å². The summed E-state index contributed by atoms with van der Waals surface area (Å²) in [7, 11) is 0. The van der Waals surface area contributed by atoms with Gasteiger partial charge >= 0.3 is 6.09 Å². The quantitative estimate of drug-likeness (QED) is 0.623. The largest absolute Gasteiger partial charge is 0.450 e. The van der Waals surface area contributed by atoms with E-state index >= 15 is 0 Å². The number of nitrogens with one attached hydrogen (secondary N) is 1. The van der Waals surface area contributed by atoms with Crippen molar-refractivity contribution in [2.45, 2.75) is 6.92 Å². The Balaban J connectivity index is 0.000000183. The molecule has 5 heteroatoms. The summed E-state index contributed by atoms with van der Waals surface area (Å²) in [6, 6.07) is 0. The monoisotopic (exact) mass is 157 g/mol. The number of ether oxygens (including phenoxy) is 1. The number of carbonyl (C=O) groups excluding carboxylic acids is 1. The minimum absolute atomic E-state index is 0.356. The van der Waals surface area contributed by atoms with Crippen LogP contribution < -0.4 is 5.73 Å². The van der Waals surface area contributed by atoms with Gasteiger partial charge in [-0.15, -0.1) is 0 Å². The molecule has 0 bridgehead atoms. The molecule has 0 unspecified atom stereocenters. The number of imidazole rings is 1. The van der Waals surface area contributed by atoms with Crippen molar-refractivity contribution in [2.75, 3.05) is 6.61 Å². The third-order valence-corrected chi connectivity index (χ3v) is 0.692. The molecule has 0 aliphatic carbocycles. The summed E-state index contributed by atoms with van der Waals surface area (Å²) >= 11 is 0. The molecule has 62 valence electrons. The summed E-state index contributed by atoms with van der Waals surface area (Å²) in [6.45, 7) is 2.06. The second-order valence-corrected chi connectivity index (χ2v) is 1.51. The van der Waals surface area contributed by atoms with Crippen LogP contribution >= 0.6 is 0 Å². The number of amides is 1. The number of nitrogens with two attached hydrogens (primary N) is 1. The molecule has 3 N–H and O–H groups in total. The molecule has 1 aromatic heterocycles. The Kier molecular flexibility index (Phi) is 5.69. The van der Waals surface area contributed by atoms with Crippen LogP contribution in [0.3, 0.4) is 0 Å². The molecule has 0 saturated heterocycles. The molecule has 1 amide bonds. The number of aromatic amines is 1. The van der Waals surface area contributed by atoms with Gasteiger partial charge in [0, 0.05) is 12.4 Å². The van der Waals surface area contributed by atoms with E-state index in [1.807, 2.05) is 0 Å². The van der Waals surface area contributed by atoms with E-state index in [0.29, 0.717) is 6.61 Å². The van der Waals surface area contributed by atoms with Gasteiger partial charge < -0.3 is 15.5 Å². The Morgan fingerprint density at radius 2 is 2.55 bits per heavy atom. The smallest absolute Gasteiger partial charge is 0.404 e. The minimum Gasteiger partial charge on any atom is -0.450 e. The SMILES string of the molecule is CCOC(N)=O.c1c[nH]cn1. The van der Waals surface area contributed by atoms with Crippen molar-refractivity contribution in [2.24, 2.45) is 5.73 Å². The third kappa shape index (κ3) is 8.48. The Labute approximate surface area is 64.6 Å². The highest BCUT2D eigenvalue weighted by Gasteiger charge is 1.82. The zero-order chi connectivity index (χ0) is 8.53. The maximum absolute atomic E-state index is 9.60. The first kappa shape index (κ1) is 9.48. The molecule has 1 aromatic rings. The van der Waals surface area contributed by atoms with Crippen LogP contribution in [0.4, 0.5) is 4.79 Å². The van der Waals surface area contributed by atoms with Crippen molar-refractivity contribution < 1.29 is 9.53 Å². The van der Waals surface area contributed by atoms with Gasteiger partial charge in [0.05, 0.1) is 12.9 Å². The highest BCUT2D eigenvalue weighted by Crippen LogP contribution is 1.66. The second-order valence-electron chi connectivity index (χ2n) is 1.51. The van der Waals surface area contributed by atoms with Crippen LogP contribution in [0.2, 0.25) is 0 Å². The van der Waals surface area contributed by atoms with Crippen LogP contribution in [0.1, 0.15) is 6.92 Å². The van der Waals surface area contributed by atoms with E-state index in [4.69, 9.17) is 0 Å². The molecule has 0 atom stereocenters. The number of primary amides is 1. The predicted octanol–water partition coefficient (Wildman–Crippen LogP) is 0.511. The molecule has 0 aliphatic heterocycles. The van der Waals surface area contributed by atoms with Crippen LogP contribution in [0.25, 0.3) is 0 Å². The fourth-order valence-corrected chi connectivity index (χ4v) is 0.357. The van der Waals surface area contributed by atoms with Gasteiger partial charge in [-0.2, -0.15) is 0 Å². The highest BCUT2D eigenvalue weighted by atomic mass is 16.5. The Morgan fingerprint density at radius 3 is 2.64 bits per heavy atom. The number of rotatable bonds is 1. The van der Waals surface area contributed by atoms with Gasteiger partial charge in [-0.3, -0.25) is 0 Å². The van der Waals surface area contributed by atoms with Crippen LogP contribution in [0.15, 0.2) is 18.7 Å². The number of aromatic nitrogens is 2. The van der Waals surface area contributed by atoms with E-state index in [9.17, 15) is 4.79 Å².